The normalized spacial score (nSPS) is 12.0. The summed E-state index contributed by atoms with van der Waals surface area (Å²) >= 11 is 1.73. The van der Waals surface area contributed by atoms with Gasteiger partial charge in [-0.15, -0.1) is 0 Å². The van der Waals surface area contributed by atoms with E-state index in [1.807, 2.05) is 6.07 Å². The Kier molecular flexibility index (Phi) is 3.21. The molecule has 0 aliphatic heterocycles. The number of hydrogen-bond donors (Lipinski definition) is 0. The third-order valence-electron chi connectivity index (χ3n) is 6.07. The predicted molar refractivity (Wildman–Crippen MR) is 130 cm³/mol. The van der Waals surface area contributed by atoms with Gasteiger partial charge in [0.15, 0.2) is 4.90 Å². The molecule has 2 aromatic heterocycles. The Morgan fingerprint density at radius 1 is 0.567 bits per heavy atom. The maximum Gasteiger partial charge on any atom is 0.190 e. The number of fused-ring (bicyclic) bond motifs is 7. The van der Waals surface area contributed by atoms with Crippen LogP contribution in [0.25, 0.3) is 64.0 Å². The van der Waals surface area contributed by atoms with Crippen molar-refractivity contribution in [2.24, 2.45) is 0 Å². The summed E-state index contributed by atoms with van der Waals surface area (Å²) in [6.45, 7) is 0. The topological polar surface area (TPSA) is 13.1 Å². The fourth-order valence-electron chi connectivity index (χ4n) is 4.74. The molecule has 2 heteroatoms. The molecule has 0 aliphatic rings. The third kappa shape index (κ3) is 2.17. The van der Waals surface area contributed by atoms with E-state index >= 15 is 0 Å². The Balaban J connectivity index is 1.63. The number of benzene rings is 5. The summed E-state index contributed by atoms with van der Waals surface area (Å²) in [5, 5.41) is 8.83. The van der Waals surface area contributed by atoms with Gasteiger partial charge < -0.3 is 4.42 Å². The van der Waals surface area contributed by atoms with Crippen molar-refractivity contribution in [3.63, 3.8) is 0 Å². The molecule has 0 aliphatic carbocycles. The second-order valence-electron chi connectivity index (χ2n) is 7.77. The van der Waals surface area contributed by atoms with Crippen molar-refractivity contribution in [1.29, 1.82) is 0 Å². The summed E-state index contributed by atoms with van der Waals surface area (Å²) in [6, 6.07) is 34.8. The molecule has 30 heavy (non-hydrogen) atoms. The van der Waals surface area contributed by atoms with Crippen LogP contribution in [0.15, 0.2) is 101 Å². The Morgan fingerprint density at radius 3 is 2.00 bits per heavy atom. The van der Waals surface area contributed by atoms with Gasteiger partial charge in [-0.3, -0.25) is 0 Å². The Morgan fingerprint density at radius 2 is 1.23 bits per heavy atom. The van der Waals surface area contributed by atoms with Crippen molar-refractivity contribution in [3.05, 3.63) is 97.1 Å². The third-order valence-corrected chi connectivity index (χ3v) is 7.12. The molecule has 0 bridgehead atoms. The lowest BCUT2D eigenvalue weighted by Gasteiger charge is -2.12. The van der Waals surface area contributed by atoms with Crippen LogP contribution < -0.4 is 0 Å². The molecule has 7 rings (SSSR count). The quantitative estimate of drug-likeness (QED) is 0.251. The zero-order chi connectivity index (χ0) is 19.7. The molecule has 140 valence electrons. The summed E-state index contributed by atoms with van der Waals surface area (Å²) in [5.74, 6) is 0. The molecule has 0 saturated carbocycles. The summed E-state index contributed by atoms with van der Waals surface area (Å²) in [6.07, 6.45) is 0. The Bertz CT molecular complexity index is 1700. The van der Waals surface area contributed by atoms with Crippen LogP contribution in [0.4, 0.5) is 0 Å². The first-order chi connectivity index (χ1) is 14.9. The van der Waals surface area contributed by atoms with E-state index < -0.39 is 0 Å². The predicted octanol–water partition coefficient (Wildman–Crippen LogP) is 8.77. The molecular formula is C28H16OS. The molecule has 0 unspecified atom stereocenters. The van der Waals surface area contributed by atoms with E-state index in [0.717, 1.165) is 10.5 Å². The van der Waals surface area contributed by atoms with E-state index in [1.54, 1.807) is 11.3 Å². The van der Waals surface area contributed by atoms with Gasteiger partial charge in [0.25, 0.3) is 0 Å². The van der Waals surface area contributed by atoms with Gasteiger partial charge in [0.2, 0.25) is 0 Å². The maximum atomic E-state index is 6.14. The molecule has 0 saturated heterocycles. The van der Waals surface area contributed by atoms with Crippen molar-refractivity contribution in [2.45, 2.75) is 0 Å². The van der Waals surface area contributed by atoms with Crippen molar-refractivity contribution in [3.8, 4) is 11.1 Å². The Labute approximate surface area is 176 Å². The lowest BCUT2D eigenvalue weighted by Crippen LogP contribution is -1.85. The number of rotatable bonds is 1. The van der Waals surface area contributed by atoms with Gasteiger partial charge in [0, 0.05) is 20.9 Å². The number of furan rings is 1. The molecule has 0 radical (unpaired) electrons. The van der Waals surface area contributed by atoms with Crippen LogP contribution in [0, 0.1) is 0 Å². The summed E-state index contributed by atoms with van der Waals surface area (Å²) in [4.78, 5) is 1.01. The largest absolute Gasteiger partial charge is 0.445 e. The van der Waals surface area contributed by atoms with Gasteiger partial charge in [-0.2, -0.15) is 0 Å². The lowest BCUT2D eigenvalue weighted by atomic mass is 9.91. The van der Waals surface area contributed by atoms with Gasteiger partial charge in [-0.25, -0.2) is 0 Å². The fourth-order valence-corrected chi connectivity index (χ4v) is 5.80. The van der Waals surface area contributed by atoms with Gasteiger partial charge in [-0.05, 0) is 56.9 Å². The van der Waals surface area contributed by atoms with Crippen molar-refractivity contribution in [2.75, 3.05) is 0 Å². The standard InChI is InChI=1S/C28H16OS/c1-3-9-20-17(7-1)15-18-8-2-4-10-21(18)26(20)19-13-14-25-23(16-19)27-22-11-5-6-12-24(22)29-28(27)30-25/h1-16H. The number of hydrogen-bond acceptors (Lipinski definition) is 2. The molecule has 0 amide bonds. The van der Waals surface area contributed by atoms with Crippen molar-refractivity contribution < 1.29 is 4.42 Å². The number of thiophene rings is 1. The maximum absolute atomic E-state index is 6.14. The number of para-hydroxylation sites is 1. The highest BCUT2D eigenvalue weighted by atomic mass is 32.1. The van der Waals surface area contributed by atoms with E-state index in [-0.39, 0.29) is 0 Å². The van der Waals surface area contributed by atoms with Crippen LogP contribution in [0.2, 0.25) is 0 Å². The van der Waals surface area contributed by atoms with Crippen LogP contribution in [-0.4, -0.2) is 0 Å². The van der Waals surface area contributed by atoms with Gasteiger partial charge in [0.05, 0.1) is 0 Å². The molecule has 0 fully saturated rings. The monoisotopic (exact) mass is 400 g/mol. The minimum absolute atomic E-state index is 0.960. The second-order valence-corrected chi connectivity index (χ2v) is 8.78. The average Bonchev–Trinajstić information content (AvgIpc) is 3.33. The molecule has 2 heterocycles. The highest BCUT2D eigenvalue weighted by molar-refractivity contribution is 7.25. The summed E-state index contributed by atoms with van der Waals surface area (Å²) in [5.41, 5.74) is 3.51. The zero-order valence-electron chi connectivity index (χ0n) is 16.1. The van der Waals surface area contributed by atoms with E-state index in [4.69, 9.17) is 4.42 Å². The van der Waals surface area contributed by atoms with Crippen LogP contribution in [0.5, 0.6) is 0 Å². The van der Waals surface area contributed by atoms with Gasteiger partial charge in [0.1, 0.15) is 5.58 Å². The van der Waals surface area contributed by atoms with Crippen LogP contribution >= 0.6 is 11.3 Å². The van der Waals surface area contributed by atoms with E-state index in [2.05, 4.69) is 91.0 Å². The highest BCUT2D eigenvalue weighted by Crippen LogP contribution is 2.43. The molecular weight excluding hydrogens is 384 g/mol. The molecule has 0 atom stereocenters. The first kappa shape index (κ1) is 16.2. The molecule has 1 nitrogen and oxygen atoms in total. The summed E-state index contributed by atoms with van der Waals surface area (Å²) < 4.78 is 7.41. The van der Waals surface area contributed by atoms with Crippen molar-refractivity contribution >= 4 is 64.2 Å². The summed E-state index contributed by atoms with van der Waals surface area (Å²) in [7, 11) is 0. The smallest absolute Gasteiger partial charge is 0.190 e. The van der Waals surface area contributed by atoms with E-state index in [9.17, 15) is 0 Å². The van der Waals surface area contributed by atoms with Gasteiger partial charge in [-0.1, -0.05) is 84.1 Å². The lowest BCUT2D eigenvalue weighted by molar-refractivity contribution is 0.678. The fraction of sp³-hybridized carbons (Fsp3) is 0. The average molecular weight is 401 g/mol. The zero-order valence-corrected chi connectivity index (χ0v) is 16.9. The Hall–Kier alpha value is -3.62. The molecule has 5 aromatic carbocycles. The minimum Gasteiger partial charge on any atom is -0.445 e. The van der Waals surface area contributed by atoms with Crippen molar-refractivity contribution in [1.82, 2.24) is 0 Å². The van der Waals surface area contributed by atoms with Crippen LogP contribution in [0.1, 0.15) is 0 Å². The molecule has 0 N–H and O–H groups in total. The molecule has 0 spiro atoms. The van der Waals surface area contributed by atoms with E-state index in [0.29, 0.717) is 0 Å². The first-order valence-corrected chi connectivity index (χ1v) is 10.9. The van der Waals surface area contributed by atoms with Crippen LogP contribution in [0.3, 0.4) is 0 Å². The minimum atomic E-state index is 0.960. The highest BCUT2D eigenvalue weighted by Gasteiger charge is 2.16. The second kappa shape index (κ2) is 5.94. The molecule has 7 aromatic rings. The van der Waals surface area contributed by atoms with Crippen LogP contribution in [-0.2, 0) is 0 Å². The van der Waals surface area contributed by atoms with Gasteiger partial charge >= 0.3 is 0 Å². The SMILES string of the molecule is c1ccc2c(-c3ccc4sc5oc6ccccc6c5c4c3)c3ccccc3cc2c1. The van der Waals surface area contributed by atoms with E-state index in [1.165, 1.54) is 53.5 Å². The first-order valence-electron chi connectivity index (χ1n) is 10.1.